The van der Waals surface area contributed by atoms with Crippen LogP contribution in [-0.4, -0.2) is 49.8 Å². The molecule has 0 rings (SSSR count). The number of alkyl carbamates (subject to hydrolysis) is 2. The Morgan fingerprint density at radius 1 is 0.929 bits per heavy atom. The summed E-state index contributed by atoms with van der Waals surface area (Å²) in [6.45, 7) is 9.65. The summed E-state index contributed by atoms with van der Waals surface area (Å²) in [5.74, 6) is -0.732. The second-order valence-electron chi connectivity index (χ2n) is 5.83. The minimum atomic E-state index is -0.874. The van der Waals surface area contributed by atoms with Crippen LogP contribution < -0.4 is 21.3 Å². The van der Waals surface area contributed by atoms with Crippen LogP contribution in [0.3, 0.4) is 0 Å². The highest BCUT2D eigenvalue weighted by molar-refractivity contribution is 5.87. The zero-order valence-corrected chi connectivity index (χ0v) is 16.9. The maximum Gasteiger partial charge on any atom is 0.407 e. The van der Waals surface area contributed by atoms with Gasteiger partial charge in [-0.05, 0) is 39.5 Å². The zero-order valence-electron chi connectivity index (χ0n) is 16.9. The van der Waals surface area contributed by atoms with Crippen molar-refractivity contribution in [3.8, 4) is 0 Å². The SMILES string of the molecule is C=C(NC(=O)CCC)NC(=O)C(CCCCNC(=O)OCC)NC(=O)OCC. The van der Waals surface area contributed by atoms with E-state index in [9.17, 15) is 19.2 Å². The predicted molar refractivity (Wildman–Crippen MR) is 103 cm³/mol. The molecule has 0 aromatic carbocycles. The summed E-state index contributed by atoms with van der Waals surface area (Å²) in [5, 5.41) is 10.0. The molecule has 0 saturated carbocycles. The molecule has 0 saturated heterocycles. The Labute approximate surface area is 165 Å². The number of carbonyl (C=O) groups excluding carboxylic acids is 4. The molecule has 160 valence electrons. The first-order valence-electron chi connectivity index (χ1n) is 9.47. The number of hydrogen-bond donors (Lipinski definition) is 4. The molecular formula is C18H32N4O6. The standard InChI is InChI=1S/C18H32N4O6/c1-5-10-15(23)20-13(4)21-16(24)14(22-18(26)28-7-3)11-8-9-12-19-17(25)27-6-2/h14H,4-12H2,1-3H3,(H,19,25)(H,20,23)(H,21,24)(H,22,26). The highest BCUT2D eigenvalue weighted by Crippen LogP contribution is 2.03. The summed E-state index contributed by atoms with van der Waals surface area (Å²) in [5.41, 5.74) is 0. The number of rotatable bonds is 13. The average Bonchev–Trinajstić information content (AvgIpc) is 2.60. The third-order valence-electron chi connectivity index (χ3n) is 3.39. The normalized spacial score (nSPS) is 11.0. The Hall–Kier alpha value is -2.78. The van der Waals surface area contributed by atoms with E-state index in [4.69, 9.17) is 9.47 Å². The Morgan fingerprint density at radius 2 is 1.57 bits per heavy atom. The van der Waals surface area contributed by atoms with Gasteiger partial charge in [-0.3, -0.25) is 9.59 Å². The van der Waals surface area contributed by atoms with Crippen LogP contribution in [0.5, 0.6) is 0 Å². The summed E-state index contributed by atoms with van der Waals surface area (Å²) in [6, 6.07) is -0.874. The second kappa shape index (κ2) is 15.3. The molecule has 0 aliphatic carbocycles. The van der Waals surface area contributed by atoms with E-state index in [0.717, 1.165) is 0 Å². The van der Waals surface area contributed by atoms with Crippen LogP contribution in [-0.2, 0) is 19.1 Å². The lowest BCUT2D eigenvalue weighted by molar-refractivity contribution is -0.123. The van der Waals surface area contributed by atoms with Gasteiger partial charge in [0.05, 0.1) is 13.2 Å². The molecule has 0 radical (unpaired) electrons. The third kappa shape index (κ3) is 12.6. The molecule has 10 nitrogen and oxygen atoms in total. The molecule has 4 N–H and O–H groups in total. The first kappa shape index (κ1) is 25.2. The van der Waals surface area contributed by atoms with E-state index < -0.39 is 24.1 Å². The minimum Gasteiger partial charge on any atom is -0.450 e. The Bertz CT molecular complexity index is 538. The molecule has 1 unspecified atom stereocenters. The molecule has 0 aliphatic heterocycles. The van der Waals surface area contributed by atoms with Crippen molar-refractivity contribution in [1.29, 1.82) is 0 Å². The molecule has 0 bridgehead atoms. The van der Waals surface area contributed by atoms with Crippen LogP contribution in [0.1, 0.15) is 52.9 Å². The molecule has 28 heavy (non-hydrogen) atoms. The van der Waals surface area contributed by atoms with Gasteiger partial charge in [-0.1, -0.05) is 13.5 Å². The largest absolute Gasteiger partial charge is 0.450 e. The summed E-state index contributed by atoms with van der Waals surface area (Å²) in [4.78, 5) is 46.8. The fourth-order valence-corrected chi connectivity index (χ4v) is 2.15. The van der Waals surface area contributed by atoms with Gasteiger partial charge >= 0.3 is 12.2 Å². The van der Waals surface area contributed by atoms with E-state index in [1.165, 1.54) is 0 Å². The third-order valence-corrected chi connectivity index (χ3v) is 3.39. The van der Waals surface area contributed by atoms with E-state index in [-0.39, 0.29) is 24.9 Å². The number of amides is 4. The van der Waals surface area contributed by atoms with Gasteiger partial charge in [-0.15, -0.1) is 0 Å². The Kier molecular flexibility index (Phi) is 13.8. The number of carbonyl (C=O) groups is 4. The lowest BCUT2D eigenvalue weighted by atomic mass is 10.1. The first-order chi connectivity index (χ1) is 13.3. The van der Waals surface area contributed by atoms with Crippen molar-refractivity contribution in [3.63, 3.8) is 0 Å². The summed E-state index contributed by atoms with van der Waals surface area (Å²) >= 11 is 0. The van der Waals surface area contributed by atoms with Gasteiger partial charge < -0.3 is 30.7 Å². The summed E-state index contributed by atoms with van der Waals surface area (Å²) in [7, 11) is 0. The molecule has 10 heteroatoms. The van der Waals surface area contributed by atoms with Gasteiger partial charge in [0.2, 0.25) is 11.8 Å². The molecular weight excluding hydrogens is 368 g/mol. The molecule has 0 fully saturated rings. The van der Waals surface area contributed by atoms with Crippen LogP contribution in [0, 0.1) is 0 Å². The van der Waals surface area contributed by atoms with Crippen LogP contribution in [0.4, 0.5) is 9.59 Å². The van der Waals surface area contributed by atoms with E-state index >= 15 is 0 Å². The van der Waals surface area contributed by atoms with Crippen molar-refractivity contribution in [1.82, 2.24) is 21.3 Å². The van der Waals surface area contributed by atoms with Crippen molar-refractivity contribution in [2.75, 3.05) is 19.8 Å². The fourth-order valence-electron chi connectivity index (χ4n) is 2.15. The quantitative estimate of drug-likeness (QED) is 0.346. The number of unbranched alkanes of at least 4 members (excludes halogenated alkanes) is 1. The van der Waals surface area contributed by atoms with Crippen molar-refractivity contribution in [2.24, 2.45) is 0 Å². The van der Waals surface area contributed by atoms with Crippen LogP contribution in [0.25, 0.3) is 0 Å². The Morgan fingerprint density at radius 3 is 2.18 bits per heavy atom. The molecule has 0 spiro atoms. The van der Waals surface area contributed by atoms with Gasteiger partial charge in [0.1, 0.15) is 11.9 Å². The molecule has 1 atom stereocenters. The molecule has 4 amide bonds. The highest BCUT2D eigenvalue weighted by Gasteiger charge is 2.22. The van der Waals surface area contributed by atoms with E-state index in [0.29, 0.717) is 38.6 Å². The number of nitrogens with one attached hydrogen (secondary N) is 4. The number of hydrogen-bond acceptors (Lipinski definition) is 6. The fraction of sp³-hybridized carbons (Fsp3) is 0.667. The first-order valence-corrected chi connectivity index (χ1v) is 9.47. The van der Waals surface area contributed by atoms with Crippen LogP contribution in [0.2, 0.25) is 0 Å². The van der Waals surface area contributed by atoms with Crippen molar-refractivity contribution >= 4 is 24.0 Å². The topological polar surface area (TPSA) is 135 Å². The lowest BCUT2D eigenvalue weighted by Gasteiger charge is -2.19. The zero-order chi connectivity index (χ0) is 21.4. The van der Waals surface area contributed by atoms with Crippen molar-refractivity contribution in [2.45, 2.75) is 58.9 Å². The van der Waals surface area contributed by atoms with Crippen LogP contribution in [0.15, 0.2) is 12.4 Å². The summed E-state index contributed by atoms with van der Waals surface area (Å²) in [6.07, 6.45) is 1.21. The van der Waals surface area contributed by atoms with Gasteiger partial charge in [0.15, 0.2) is 0 Å². The lowest BCUT2D eigenvalue weighted by Crippen LogP contribution is -2.48. The molecule has 0 aromatic rings. The van der Waals surface area contributed by atoms with Gasteiger partial charge in [-0.25, -0.2) is 9.59 Å². The Balaban J connectivity index is 4.54. The van der Waals surface area contributed by atoms with Gasteiger partial charge in [-0.2, -0.15) is 0 Å². The van der Waals surface area contributed by atoms with Gasteiger partial charge in [0, 0.05) is 13.0 Å². The van der Waals surface area contributed by atoms with Crippen molar-refractivity contribution in [3.05, 3.63) is 12.4 Å². The van der Waals surface area contributed by atoms with Crippen molar-refractivity contribution < 1.29 is 28.7 Å². The van der Waals surface area contributed by atoms with E-state index in [1.54, 1.807) is 13.8 Å². The average molecular weight is 400 g/mol. The smallest absolute Gasteiger partial charge is 0.407 e. The maximum absolute atomic E-state index is 12.4. The predicted octanol–water partition coefficient (Wildman–Crippen LogP) is 1.52. The maximum atomic E-state index is 12.4. The van der Waals surface area contributed by atoms with Crippen LogP contribution >= 0.6 is 0 Å². The van der Waals surface area contributed by atoms with Gasteiger partial charge in [0.25, 0.3) is 0 Å². The number of ether oxygens (including phenoxy) is 2. The summed E-state index contributed by atoms with van der Waals surface area (Å²) < 4.78 is 9.56. The molecule has 0 aromatic heterocycles. The molecule has 0 heterocycles. The highest BCUT2D eigenvalue weighted by atomic mass is 16.6. The second-order valence-corrected chi connectivity index (χ2v) is 5.83. The van der Waals surface area contributed by atoms with E-state index in [2.05, 4.69) is 27.8 Å². The molecule has 0 aliphatic rings. The monoisotopic (exact) mass is 400 g/mol. The minimum absolute atomic E-state index is 0.0445. The van der Waals surface area contributed by atoms with E-state index in [1.807, 2.05) is 6.92 Å².